The SMILES string of the molecule is BC(B)(B)N=S(=O)(Cc1cc(-c2cc(-c3cnc(OCC(F)(F)C(F)F)cn3)no2)ccc1F)C(C)(C)/C(N)=N\C. The summed E-state index contributed by atoms with van der Waals surface area (Å²) in [5, 5.41) is 3.19. The molecule has 0 aliphatic rings. The van der Waals surface area contributed by atoms with Crippen molar-refractivity contribution in [1.82, 2.24) is 15.1 Å². The summed E-state index contributed by atoms with van der Waals surface area (Å²) in [6.45, 7) is 1.74. The molecule has 0 bridgehead atoms. The van der Waals surface area contributed by atoms with Crippen molar-refractivity contribution in [3.05, 3.63) is 48.0 Å². The van der Waals surface area contributed by atoms with Crippen LogP contribution in [0.2, 0.25) is 0 Å². The molecule has 0 aliphatic heterocycles. The molecule has 0 saturated carbocycles. The van der Waals surface area contributed by atoms with Gasteiger partial charge in [-0.3, -0.25) is 9.36 Å². The van der Waals surface area contributed by atoms with Crippen LogP contribution >= 0.6 is 0 Å². The number of halogens is 5. The van der Waals surface area contributed by atoms with Crippen LogP contribution in [0, 0.1) is 5.82 Å². The van der Waals surface area contributed by atoms with E-state index in [9.17, 15) is 21.8 Å². The highest BCUT2D eigenvalue weighted by Gasteiger charge is 2.42. The lowest BCUT2D eigenvalue weighted by atomic mass is 9.50. The van der Waals surface area contributed by atoms with Crippen molar-refractivity contribution in [2.45, 2.75) is 41.9 Å². The quantitative estimate of drug-likeness (QED) is 0.154. The van der Waals surface area contributed by atoms with E-state index < -0.39 is 44.5 Å². The highest BCUT2D eigenvalue weighted by Crippen LogP contribution is 2.31. The summed E-state index contributed by atoms with van der Waals surface area (Å²) < 4.78 is 93.4. The van der Waals surface area contributed by atoms with Crippen LogP contribution in [-0.2, 0) is 15.5 Å². The summed E-state index contributed by atoms with van der Waals surface area (Å²) in [6.07, 6.45) is -1.77. The summed E-state index contributed by atoms with van der Waals surface area (Å²) in [7, 11) is 3.62. The first-order valence-corrected chi connectivity index (χ1v) is 13.9. The van der Waals surface area contributed by atoms with Gasteiger partial charge in [-0.05, 0) is 37.3 Å². The van der Waals surface area contributed by atoms with Crippen LogP contribution in [0.1, 0.15) is 19.4 Å². The number of amidine groups is 1. The number of nitrogens with two attached hydrogens (primary N) is 1. The summed E-state index contributed by atoms with van der Waals surface area (Å²) in [5.41, 5.74) is 6.98. The first-order chi connectivity index (χ1) is 18.9. The zero-order valence-electron chi connectivity index (χ0n) is 23.3. The third-order valence-corrected chi connectivity index (χ3v) is 9.24. The number of nitrogens with zero attached hydrogens (tertiary/aromatic N) is 5. The number of alkyl halides is 4. The Kier molecular flexibility index (Phi) is 9.25. The van der Waals surface area contributed by atoms with Crippen LogP contribution in [0.25, 0.3) is 22.7 Å². The van der Waals surface area contributed by atoms with E-state index in [1.807, 2.05) is 0 Å². The van der Waals surface area contributed by atoms with E-state index in [0.717, 1.165) is 12.4 Å². The lowest BCUT2D eigenvalue weighted by molar-refractivity contribution is -0.148. The van der Waals surface area contributed by atoms with Gasteiger partial charge in [0, 0.05) is 24.2 Å². The molecule has 2 heterocycles. The molecule has 2 N–H and O–H groups in total. The Morgan fingerprint density at radius 1 is 1.15 bits per heavy atom. The number of benzene rings is 1. The Hall–Kier alpha value is -3.43. The maximum atomic E-state index is 15.0. The summed E-state index contributed by atoms with van der Waals surface area (Å²) >= 11 is 0. The number of aromatic nitrogens is 3. The fourth-order valence-corrected chi connectivity index (χ4v) is 6.14. The molecule has 0 spiro atoms. The van der Waals surface area contributed by atoms with E-state index in [4.69, 9.17) is 10.3 Å². The summed E-state index contributed by atoms with van der Waals surface area (Å²) in [4.78, 5) is 11.8. The molecule has 1 unspecified atom stereocenters. The van der Waals surface area contributed by atoms with Crippen molar-refractivity contribution in [2.75, 3.05) is 13.7 Å². The average Bonchev–Trinajstić information content (AvgIpc) is 3.37. The van der Waals surface area contributed by atoms with E-state index in [-0.39, 0.29) is 40.2 Å². The fraction of sp³-hybridized carbons (Fsp3) is 0.391. The molecule has 0 fully saturated rings. The molecular formula is C23H28B3F5N6O3S. The lowest BCUT2D eigenvalue weighted by Crippen LogP contribution is -2.47. The lowest BCUT2D eigenvalue weighted by Gasteiger charge is -2.31. The van der Waals surface area contributed by atoms with Crippen molar-refractivity contribution in [1.29, 1.82) is 0 Å². The van der Waals surface area contributed by atoms with Crippen molar-refractivity contribution < 1.29 is 35.4 Å². The van der Waals surface area contributed by atoms with Crippen LogP contribution < -0.4 is 10.5 Å². The number of aliphatic imine (C=N–C) groups is 1. The standard InChI is InChI=1S/C23H28B3F5N6O3S/c1-21(2,20(32)33-3)41(38,37-23(24,25)26)10-13-6-12(4-5-14(13)27)17-7-15(36-40-17)16-8-35-18(9-34-16)39-11-22(30,31)19(28)29/h4-9,19H,10-11,24-26H2,1-3H3,(H2,32,33). The van der Waals surface area contributed by atoms with Crippen LogP contribution in [0.4, 0.5) is 22.0 Å². The van der Waals surface area contributed by atoms with Gasteiger partial charge in [-0.15, -0.1) is 0 Å². The Bertz CT molecular complexity index is 1540. The predicted octanol–water partition coefficient (Wildman–Crippen LogP) is 1.46. The maximum absolute atomic E-state index is 15.0. The average molecular weight is 596 g/mol. The molecule has 0 amide bonds. The van der Waals surface area contributed by atoms with Gasteiger partial charge in [-0.2, -0.15) is 8.78 Å². The summed E-state index contributed by atoms with van der Waals surface area (Å²) in [6, 6.07) is 5.60. The van der Waals surface area contributed by atoms with E-state index in [1.54, 1.807) is 37.4 Å². The molecule has 2 aromatic heterocycles. The van der Waals surface area contributed by atoms with E-state index in [1.165, 1.54) is 31.3 Å². The van der Waals surface area contributed by atoms with Crippen LogP contribution in [0.5, 0.6) is 5.88 Å². The highest BCUT2D eigenvalue weighted by atomic mass is 32.2. The van der Waals surface area contributed by atoms with Crippen molar-refractivity contribution in [3.63, 3.8) is 0 Å². The third kappa shape index (κ3) is 7.46. The third-order valence-electron chi connectivity index (χ3n) is 5.89. The van der Waals surface area contributed by atoms with E-state index >= 15 is 4.39 Å². The minimum absolute atomic E-state index is 0.109. The van der Waals surface area contributed by atoms with Gasteiger partial charge in [-0.1, -0.05) is 5.16 Å². The predicted molar refractivity (Wildman–Crippen MR) is 154 cm³/mol. The second-order valence-electron chi connectivity index (χ2n) is 10.6. The van der Waals surface area contributed by atoms with Gasteiger partial charge < -0.3 is 15.0 Å². The fourth-order valence-electron chi connectivity index (χ4n) is 3.54. The largest absolute Gasteiger partial charge is 0.470 e. The van der Waals surface area contributed by atoms with Gasteiger partial charge in [0.15, 0.2) is 12.4 Å². The zero-order valence-corrected chi connectivity index (χ0v) is 24.1. The van der Waals surface area contributed by atoms with Crippen molar-refractivity contribution in [2.24, 2.45) is 15.1 Å². The molecule has 0 saturated heterocycles. The van der Waals surface area contributed by atoms with Crippen molar-refractivity contribution in [3.8, 4) is 28.6 Å². The number of ether oxygens (including phenoxy) is 1. The molecule has 3 rings (SSSR count). The first kappa shape index (κ1) is 32.1. The van der Waals surface area contributed by atoms with Gasteiger partial charge in [0.2, 0.25) is 5.88 Å². The normalized spacial score (nSPS) is 14.6. The molecule has 218 valence electrons. The number of hydrogen-bond donors (Lipinski definition) is 1. The van der Waals surface area contributed by atoms with Gasteiger partial charge in [0.1, 0.15) is 51.3 Å². The van der Waals surface area contributed by atoms with Crippen LogP contribution in [0.3, 0.4) is 0 Å². The topological polar surface area (TPSA) is 129 Å². The molecule has 9 nitrogen and oxygen atoms in total. The smallest absolute Gasteiger partial charge is 0.340 e. The molecule has 18 heteroatoms. The molecule has 0 aliphatic carbocycles. The monoisotopic (exact) mass is 596 g/mol. The van der Waals surface area contributed by atoms with Gasteiger partial charge >= 0.3 is 12.3 Å². The van der Waals surface area contributed by atoms with Crippen molar-refractivity contribution >= 4 is 39.1 Å². The van der Waals surface area contributed by atoms with Gasteiger partial charge in [0.25, 0.3) is 0 Å². The van der Waals surface area contributed by atoms with E-state index in [0.29, 0.717) is 5.56 Å². The molecule has 3 aromatic rings. The van der Waals surface area contributed by atoms with E-state index in [2.05, 4.69) is 29.2 Å². The Balaban J connectivity index is 1.90. The molecular weight excluding hydrogens is 568 g/mol. The molecule has 41 heavy (non-hydrogen) atoms. The summed E-state index contributed by atoms with van der Waals surface area (Å²) in [5.74, 6) is -5.25. The van der Waals surface area contributed by atoms with Gasteiger partial charge in [0.05, 0.1) is 27.9 Å². The molecule has 1 aromatic carbocycles. The molecule has 1 atom stereocenters. The zero-order chi connectivity index (χ0) is 30.8. The Morgan fingerprint density at radius 3 is 2.39 bits per heavy atom. The Morgan fingerprint density at radius 2 is 1.83 bits per heavy atom. The number of rotatable bonds is 11. The van der Waals surface area contributed by atoms with Crippen LogP contribution in [-0.4, -0.2) is 84.7 Å². The molecule has 0 radical (unpaired) electrons. The minimum Gasteiger partial charge on any atom is -0.470 e. The first-order valence-electron chi connectivity index (χ1n) is 12.2. The minimum atomic E-state index is -4.34. The van der Waals surface area contributed by atoms with Gasteiger partial charge in [-0.25, -0.2) is 27.3 Å². The highest BCUT2D eigenvalue weighted by molar-refractivity contribution is 7.95. The second kappa shape index (κ2) is 11.8. The second-order valence-corrected chi connectivity index (χ2v) is 13.4. The maximum Gasteiger partial charge on any atom is 0.340 e. The Labute approximate surface area is 237 Å². The van der Waals surface area contributed by atoms with Crippen LogP contribution in [0.15, 0.2) is 50.5 Å². The number of hydrogen-bond acceptors (Lipinski definition) is 8.